The molecule has 1 amide bonds. The van der Waals surface area contributed by atoms with Gasteiger partial charge in [-0.05, 0) is 54.8 Å². The van der Waals surface area contributed by atoms with E-state index in [1.165, 1.54) is 12.1 Å². The highest BCUT2D eigenvalue weighted by molar-refractivity contribution is 5.97. The maximum Gasteiger partial charge on any atom is 0.306 e. The average Bonchev–Trinajstić information content (AvgIpc) is 2.76. The predicted octanol–water partition coefficient (Wildman–Crippen LogP) is 3.48. The number of rotatable bonds is 12. The molecule has 0 spiro atoms. The number of Topliss-reactive ketones (excluding diaryl/α,β-unsaturated/α-hetero) is 1. The maximum atomic E-state index is 12.8. The molecule has 160 valence electrons. The molecule has 1 N–H and O–H groups in total. The highest BCUT2D eigenvalue weighted by Crippen LogP contribution is 2.14. The SMILES string of the molecule is CCCOc1ccc(C(=O)CCC(=O)OCC(=O)NCCc2ccc(F)cc2)cc1. The van der Waals surface area contributed by atoms with E-state index in [9.17, 15) is 18.8 Å². The Morgan fingerprint density at radius 3 is 2.33 bits per heavy atom. The number of esters is 1. The van der Waals surface area contributed by atoms with Gasteiger partial charge in [0.1, 0.15) is 11.6 Å². The molecule has 30 heavy (non-hydrogen) atoms. The molecule has 2 aromatic carbocycles. The average molecular weight is 415 g/mol. The Hall–Kier alpha value is -3.22. The van der Waals surface area contributed by atoms with Crippen LogP contribution in [-0.4, -0.2) is 37.4 Å². The van der Waals surface area contributed by atoms with Gasteiger partial charge in [-0.15, -0.1) is 0 Å². The largest absolute Gasteiger partial charge is 0.494 e. The molecular weight excluding hydrogens is 389 g/mol. The molecule has 0 saturated heterocycles. The number of hydrogen-bond acceptors (Lipinski definition) is 5. The minimum absolute atomic E-state index is 0.000182. The monoisotopic (exact) mass is 415 g/mol. The number of amides is 1. The minimum Gasteiger partial charge on any atom is -0.494 e. The van der Waals surface area contributed by atoms with Crippen molar-refractivity contribution in [3.05, 3.63) is 65.5 Å². The number of hydrogen-bond donors (Lipinski definition) is 1. The molecule has 0 saturated carbocycles. The van der Waals surface area contributed by atoms with Crippen LogP contribution in [0.3, 0.4) is 0 Å². The Morgan fingerprint density at radius 1 is 0.967 bits per heavy atom. The molecule has 7 heteroatoms. The number of ketones is 1. The molecule has 0 aromatic heterocycles. The van der Waals surface area contributed by atoms with Gasteiger partial charge in [-0.2, -0.15) is 0 Å². The Balaban J connectivity index is 1.62. The molecule has 0 bridgehead atoms. The van der Waals surface area contributed by atoms with E-state index < -0.39 is 18.5 Å². The first-order chi connectivity index (χ1) is 14.5. The van der Waals surface area contributed by atoms with Crippen molar-refractivity contribution < 1.29 is 28.2 Å². The van der Waals surface area contributed by atoms with Crippen LogP contribution in [-0.2, 0) is 20.7 Å². The van der Waals surface area contributed by atoms with Crippen LogP contribution in [0.4, 0.5) is 4.39 Å². The quantitative estimate of drug-likeness (QED) is 0.424. The number of carbonyl (C=O) groups is 3. The molecule has 0 aliphatic carbocycles. The zero-order valence-electron chi connectivity index (χ0n) is 17.0. The Labute approximate surface area is 175 Å². The van der Waals surface area contributed by atoms with Gasteiger partial charge >= 0.3 is 5.97 Å². The van der Waals surface area contributed by atoms with Crippen molar-refractivity contribution >= 4 is 17.7 Å². The third-order valence-corrected chi connectivity index (χ3v) is 4.22. The molecule has 0 unspecified atom stereocenters. The molecule has 0 heterocycles. The van der Waals surface area contributed by atoms with Crippen molar-refractivity contribution in [2.24, 2.45) is 0 Å². The first-order valence-corrected chi connectivity index (χ1v) is 9.90. The fraction of sp³-hybridized carbons (Fsp3) is 0.348. The van der Waals surface area contributed by atoms with Crippen molar-refractivity contribution in [1.82, 2.24) is 5.32 Å². The third kappa shape index (κ3) is 8.43. The van der Waals surface area contributed by atoms with Crippen LogP contribution in [0.15, 0.2) is 48.5 Å². The maximum absolute atomic E-state index is 12.8. The smallest absolute Gasteiger partial charge is 0.306 e. The summed E-state index contributed by atoms with van der Waals surface area (Å²) in [5, 5.41) is 2.62. The van der Waals surface area contributed by atoms with Crippen LogP contribution in [0.2, 0.25) is 0 Å². The van der Waals surface area contributed by atoms with E-state index >= 15 is 0 Å². The van der Waals surface area contributed by atoms with Gasteiger partial charge in [0, 0.05) is 18.5 Å². The summed E-state index contributed by atoms with van der Waals surface area (Å²) in [4.78, 5) is 35.7. The normalized spacial score (nSPS) is 10.3. The number of ether oxygens (including phenoxy) is 2. The summed E-state index contributed by atoms with van der Waals surface area (Å²) < 4.78 is 23.2. The molecular formula is C23H26FNO5. The van der Waals surface area contributed by atoms with E-state index in [1.54, 1.807) is 36.4 Å². The standard InChI is InChI=1S/C23H26FNO5/c1-2-15-29-20-9-5-18(6-10-20)21(26)11-12-23(28)30-16-22(27)25-14-13-17-3-7-19(24)8-4-17/h3-10H,2,11-16H2,1H3,(H,25,27). The summed E-state index contributed by atoms with van der Waals surface area (Å²) in [7, 11) is 0. The minimum atomic E-state index is -0.611. The summed E-state index contributed by atoms with van der Waals surface area (Å²) in [6.45, 7) is 2.56. The van der Waals surface area contributed by atoms with Crippen molar-refractivity contribution in [3.8, 4) is 5.75 Å². The first-order valence-electron chi connectivity index (χ1n) is 9.90. The number of nitrogens with one attached hydrogen (secondary N) is 1. The van der Waals surface area contributed by atoms with Gasteiger partial charge in [-0.1, -0.05) is 19.1 Å². The van der Waals surface area contributed by atoms with E-state index in [4.69, 9.17) is 9.47 Å². The van der Waals surface area contributed by atoms with Gasteiger partial charge in [-0.25, -0.2) is 4.39 Å². The lowest BCUT2D eigenvalue weighted by atomic mass is 10.1. The summed E-state index contributed by atoms with van der Waals surface area (Å²) >= 11 is 0. The molecule has 0 fully saturated rings. The third-order valence-electron chi connectivity index (χ3n) is 4.22. The zero-order chi connectivity index (χ0) is 21.8. The molecule has 0 aliphatic heterocycles. The van der Waals surface area contributed by atoms with E-state index in [0.29, 0.717) is 30.9 Å². The van der Waals surface area contributed by atoms with E-state index in [1.807, 2.05) is 6.92 Å². The van der Waals surface area contributed by atoms with Gasteiger partial charge in [0.05, 0.1) is 13.0 Å². The Kier molecular flexibility index (Phi) is 9.51. The van der Waals surface area contributed by atoms with Gasteiger partial charge in [0.2, 0.25) is 0 Å². The van der Waals surface area contributed by atoms with Crippen molar-refractivity contribution in [3.63, 3.8) is 0 Å². The van der Waals surface area contributed by atoms with E-state index in [-0.39, 0.29) is 24.4 Å². The second kappa shape index (κ2) is 12.4. The van der Waals surface area contributed by atoms with Crippen LogP contribution >= 0.6 is 0 Å². The van der Waals surface area contributed by atoms with Gasteiger partial charge in [0.25, 0.3) is 5.91 Å². The summed E-state index contributed by atoms with van der Waals surface area (Å²) in [6.07, 6.45) is 1.34. The molecule has 2 rings (SSSR count). The Bertz CT molecular complexity index is 834. The molecule has 2 aromatic rings. The number of halogens is 1. The summed E-state index contributed by atoms with van der Waals surface area (Å²) in [6, 6.07) is 12.8. The van der Waals surface area contributed by atoms with Crippen molar-refractivity contribution in [2.45, 2.75) is 32.6 Å². The fourth-order valence-corrected chi connectivity index (χ4v) is 2.58. The van der Waals surface area contributed by atoms with Crippen LogP contribution in [0.25, 0.3) is 0 Å². The number of carbonyl (C=O) groups excluding carboxylic acids is 3. The van der Waals surface area contributed by atoms with Gasteiger partial charge in [0.15, 0.2) is 12.4 Å². The molecule has 0 atom stereocenters. The Morgan fingerprint density at radius 2 is 1.67 bits per heavy atom. The van der Waals surface area contributed by atoms with E-state index in [2.05, 4.69) is 5.32 Å². The second-order valence-corrected chi connectivity index (χ2v) is 6.68. The summed E-state index contributed by atoms with van der Waals surface area (Å²) in [5.41, 5.74) is 1.38. The first kappa shape index (κ1) is 23.1. The van der Waals surface area contributed by atoms with Crippen LogP contribution < -0.4 is 10.1 Å². The molecule has 0 radical (unpaired) electrons. The second-order valence-electron chi connectivity index (χ2n) is 6.68. The lowest BCUT2D eigenvalue weighted by Crippen LogP contribution is -2.30. The lowest BCUT2D eigenvalue weighted by Gasteiger charge is -2.07. The van der Waals surface area contributed by atoms with Crippen molar-refractivity contribution in [2.75, 3.05) is 19.8 Å². The number of benzene rings is 2. The van der Waals surface area contributed by atoms with Crippen LogP contribution in [0, 0.1) is 5.82 Å². The molecule has 6 nitrogen and oxygen atoms in total. The highest BCUT2D eigenvalue weighted by Gasteiger charge is 2.12. The molecule has 0 aliphatic rings. The van der Waals surface area contributed by atoms with Crippen molar-refractivity contribution in [1.29, 1.82) is 0 Å². The van der Waals surface area contributed by atoms with Crippen LogP contribution in [0.5, 0.6) is 5.75 Å². The highest BCUT2D eigenvalue weighted by atomic mass is 19.1. The van der Waals surface area contributed by atoms with E-state index in [0.717, 1.165) is 12.0 Å². The van der Waals surface area contributed by atoms with Crippen LogP contribution in [0.1, 0.15) is 42.1 Å². The predicted molar refractivity (Wildman–Crippen MR) is 110 cm³/mol. The van der Waals surface area contributed by atoms with Gasteiger partial charge < -0.3 is 14.8 Å². The van der Waals surface area contributed by atoms with Gasteiger partial charge in [-0.3, -0.25) is 14.4 Å². The lowest BCUT2D eigenvalue weighted by molar-refractivity contribution is -0.148. The summed E-state index contributed by atoms with van der Waals surface area (Å²) in [5.74, 6) is -0.846. The zero-order valence-corrected chi connectivity index (χ0v) is 17.0. The fourth-order valence-electron chi connectivity index (χ4n) is 2.58. The topological polar surface area (TPSA) is 81.7 Å².